The van der Waals surface area contributed by atoms with Crippen molar-refractivity contribution in [3.8, 4) is 0 Å². The van der Waals surface area contributed by atoms with E-state index in [1.165, 1.54) is 7.11 Å². The molecule has 2 rings (SSSR count). The van der Waals surface area contributed by atoms with E-state index >= 15 is 0 Å². The van der Waals surface area contributed by atoms with Crippen LogP contribution in [0.4, 0.5) is 0 Å². The second-order valence-corrected chi connectivity index (χ2v) is 5.62. The molecule has 1 saturated carbocycles. The van der Waals surface area contributed by atoms with Gasteiger partial charge in [0, 0.05) is 0 Å². The molecule has 1 N–H and O–H groups in total. The van der Waals surface area contributed by atoms with Crippen LogP contribution >= 0.6 is 0 Å². The van der Waals surface area contributed by atoms with Crippen LogP contribution in [-0.2, 0) is 14.3 Å². The number of hydrogen-bond donors (Lipinski definition) is 1. The highest BCUT2D eigenvalue weighted by Crippen LogP contribution is 2.61. The van der Waals surface area contributed by atoms with Crippen LogP contribution in [0.15, 0.2) is 0 Å². The van der Waals surface area contributed by atoms with Crippen molar-refractivity contribution in [3.05, 3.63) is 0 Å². The van der Waals surface area contributed by atoms with E-state index in [1.54, 1.807) is 0 Å². The second kappa shape index (κ2) is 2.95. The Bertz CT molecular complexity index is 283. The molecule has 0 spiro atoms. The number of methoxy groups -OCH3 is 1. The summed E-state index contributed by atoms with van der Waals surface area (Å²) in [5.74, 6) is -0.298. The van der Waals surface area contributed by atoms with Crippen LogP contribution in [0.1, 0.15) is 26.7 Å². The Hall–Kier alpha value is -0.610. The normalized spacial score (nSPS) is 29.9. The summed E-state index contributed by atoms with van der Waals surface area (Å²) in [7, 11) is 1.37. The molecule has 0 amide bonds. The SMILES string of the molecule is COC(=O)C1(C2(O)COC2)CC(C)(C)C1. The number of ether oxygens (including phenoxy) is 2. The Balaban J connectivity index is 2.23. The summed E-state index contributed by atoms with van der Waals surface area (Å²) < 4.78 is 9.84. The lowest BCUT2D eigenvalue weighted by atomic mass is 9.47. The summed E-state index contributed by atoms with van der Waals surface area (Å²) in [6.45, 7) is 4.69. The number of rotatable bonds is 2. The third-order valence-electron chi connectivity index (χ3n) is 3.71. The molecule has 1 aliphatic heterocycles. The number of esters is 1. The lowest BCUT2D eigenvalue weighted by molar-refractivity contribution is -0.280. The van der Waals surface area contributed by atoms with Crippen molar-refractivity contribution in [1.82, 2.24) is 0 Å². The van der Waals surface area contributed by atoms with Crippen molar-refractivity contribution < 1.29 is 19.4 Å². The molecule has 1 saturated heterocycles. The number of carbonyl (C=O) groups excluding carboxylic acids is 1. The van der Waals surface area contributed by atoms with Crippen molar-refractivity contribution in [1.29, 1.82) is 0 Å². The lowest BCUT2D eigenvalue weighted by Crippen LogP contribution is -2.70. The Kier molecular flexibility index (Phi) is 2.14. The third kappa shape index (κ3) is 1.31. The summed E-state index contributed by atoms with van der Waals surface area (Å²) >= 11 is 0. The Morgan fingerprint density at radius 3 is 2.13 bits per heavy atom. The largest absolute Gasteiger partial charge is 0.469 e. The van der Waals surface area contributed by atoms with Crippen molar-refractivity contribution in [3.63, 3.8) is 0 Å². The van der Waals surface area contributed by atoms with Gasteiger partial charge in [-0.2, -0.15) is 0 Å². The summed E-state index contributed by atoms with van der Waals surface area (Å²) in [4.78, 5) is 11.8. The fourth-order valence-corrected chi connectivity index (χ4v) is 3.01. The van der Waals surface area contributed by atoms with Crippen molar-refractivity contribution in [2.24, 2.45) is 10.8 Å². The first kappa shape index (κ1) is 10.9. The van der Waals surface area contributed by atoms with E-state index in [9.17, 15) is 9.90 Å². The van der Waals surface area contributed by atoms with Gasteiger partial charge in [-0.15, -0.1) is 0 Å². The molecular weight excluding hydrogens is 196 g/mol. The molecular formula is C11H18O4. The van der Waals surface area contributed by atoms with Gasteiger partial charge >= 0.3 is 5.97 Å². The molecule has 0 radical (unpaired) electrons. The van der Waals surface area contributed by atoms with Crippen LogP contribution in [0.5, 0.6) is 0 Å². The fourth-order valence-electron chi connectivity index (χ4n) is 3.01. The molecule has 1 heterocycles. The average molecular weight is 214 g/mol. The summed E-state index contributed by atoms with van der Waals surface area (Å²) in [6.07, 6.45) is 1.35. The Labute approximate surface area is 89.6 Å². The third-order valence-corrected chi connectivity index (χ3v) is 3.71. The molecule has 2 fully saturated rings. The summed E-state index contributed by atoms with van der Waals surface area (Å²) in [5.41, 5.74) is -1.63. The topological polar surface area (TPSA) is 55.8 Å². The van der Waals surface area contributed by atoms with Gasteiger partial charge in [0.05, 0.1) is 20.3 Å². The van der Waals surface area contributed by atoms with E-state index < -0.39 is 11.0 Å². The number of aliphatic hydroxyl groups is 1. The van der Waals surface area contributed by atoms with Crippen LogP contribution in [-0.4, -0.2) is 37.0 Å². The van der Waals surface area contributed by atoms with Crippen molar-refractivity contribution in [2.45, 2.75) is 32.3 Å². The van der Waals surface area contributed by atoms with Crippen molar-refractivity contribution in [2.75, 3.05) is 20.3 Å². The number of hydrogen-bond acceptors (Lipinski definition) is 4. The molecule has 0 atom stereocenters. The predicted molar refractivity (Wildman–Crippen MR) is 53.2 cm³/mol. The second-order valence-electron chi connectivity index (χ2n) is 5.62. The Morgan fingerprint density at radius 1 is 1.33 bits per heavy atom. The first-order valence-electron chi connectivity index (χ1n) is 5.24. The summed E-state index contributed by atoms with van der Waals surface area (Å²) in [6, 6.07) is 0. The first-order valence-corrected chi connectivity index (χ1v) is 5.24. The van der Waals surface area contributed by atoms with Gasteiger partial charge in [-0.3, -0.25) is 4.79 Å². The average Bonchev–Trinajstić information content (AvgIpc) is 2.08. The van der Waals surface area contributed by atoms with Gasteiger partial charge in [-0.05, 0) is 18.3 Å². The van der Waals surface area contributed by atoms with Gasteiger partial charge in [-0.1, -0.05) is 13.8 Å². The zero-order valence-corrected chi connectivity index (χ0v) is 9.50. The van der Waals surface area contributed by atoms with Crippen LogP contribution in [0.2, 0.25) is 0 Å². The molecule has 0 aromatic rings. The highest BCUT2D eigenvalue weighted by Gasteiger charge is 2.68. The minimum Gasteiger partial charge on any atom is -0.469 e. The molecule has 0 bridgehead atoms. The van der Waals surface area contributed by atoms with E-state index in [0.717, 1.165) is 0 Å². The van der Waals surface area contributed by atoms with Crippen LogP contribution in [0.3, 0.4) is 0 Å². The zero-order valence-electron chi connectivity index (χ0n) is 9.50. The predicted octanol–water partition coefficient (Wildman–Crippen LogP) is 0.727. The Morgan fingerprint density at radius 2 is 1.87 bits per heavy atom. The maximum atomic E-state index is 11.8. The molecule has 4 heteroatoms. The highest BCUT2D eigenvalue weighted by atomic mass is 16.6. The minimum absolute atomic E-state index is 0.111. The summed E-state index contributed by atoms with van der Waals surface area (Å²) in [5, 5.41) is 10.3. The van der Waals surface area contributed by atoms with E-state index in [2.05, 4.69) is 13.8 Å². The first-order chi connectivity index (χ1) is 6.85. The van der Waals surface area contributed by atoms with Crippen LogP contribution < -0.4 is 0 Å². The van der Waals surface area contributed by atoms with Gasteiger partial charge in [-0.25, -0.2) is 0 Å². The van der Waals surface area contributed by atoms with Crippen LogP contribution in [0.25, 0.3) is 0 Å². The van der Waals surface area contributed by atoms with Gasteiger partial charge in [0.15, 0.2) is 0 Å². The monoisotopic (exact) mass is 214 g/mol. The zero-order chi connectivity index (χ0) is 11.3. The smallest absolute Gasteiger partial charge is 0.314 e. The minimum atomic E-state index is -1.00. The molecule has 0 aromatic heterocycles. The van der Waals surface area contributed by atoms with Crippen molar-refractivity contribution >= 4 is 5.97 Å². The van der Waals surface area contributed by atoms with E-state index in [-0.39, 0.29) is 24.6 Å². The maximum Gasteiger partial charge on any atom is 0.314 e. The van der Waals surface area contributed by atoms with Crippen LogP contribution in [0, 0.1) is 10.8 Å². The molecule has 15 heavy (non-hydrogen) atoms. The van der Waals surface area contributed by atoms with Gasteiger partial charge in [0.1, 0.15) is 11.0 Å². The van der Waals surface area contributed by atoms with E-state index in [1.807, 2.05) is 0 Å². The van der Waals surface area contributed by atoms with E-state index in [4.69, 9.17) is 9.47 Å². The van der Waals surface area contributed by atoms with Gasteiger partial charge < -0.3 is 14.6 Å². The standard InChI is InChI=1S/C11H18O4/c1-9(2)4-10(5-9,8(12)14-3)11(13)6-15-7-11/h13H,4-7H2,1-3H3. The fraction of sp³-hybridized carbons (Fsp3) is 0.909. The molecule has 0 aromatic carbocycles. The highest BCUT2D eigenvalue weighted by molar-refractivity contribution is 5.80. The van der Waals surface area contributed by atoms with Gasteiger partial charge in [0.2, 0.25) is 0 Å². The van der Waals surface area contributed by atoms with Gasteiger partial charge in [0.25, 0.3) is 0 Å². The number of carbonyl (C=O) groups is 1. The molecule has 1 aliphatic carbocycles. The maximum absolute atomic E-state index is 11.8. The molecule has 0 unspecified atom stereocenters. The molecule has 2 aliphatic rings. The molecule has 4 nitrogen and oxygen atoms in total. The quantitative estimate of drug-likeness (QED) is 0.688. The lowest BCUT2D eigenvalue weighted by Gasteiger charge is -2.60. The molecule has 86 valence electrons. The van der Waals surface area contributed by atoms with E-state index in [0.29, 0.717) is 12.8 Å².